The van der Waals surface area contributed by atoms with Gasteiger partial charge in [0.2, 0.25) is 0 Å². The lowest BCUT2D eigenvalue weighted by atomic mass is 10.2. The molecule has 0 unspecified atom stereocenters. The topological polar surface area (TPSA) is 43.4 Å². The van der Waals surface area contributed by atoms with E-state index in [0.717, 1.165) is 0 Å². The number of hydrogen-bond donors (Lipinski definition) is 0. The Balaban J connectivity index is 3.01. The lowest BCUT2D eigenvalue weighted by Gasteiger charge is -1.97. The molecule has 1 rings (SSSR count). The Morgan fingerprint density at radius 1 is 1.36 bits per heavy atom. The highest BCUT2D eigenvalue weighted by Crippen LogP contribution is 2.18. The highest BCUT2D eigenvalue weighted by molar-refractivity contribution is 7.17. The highest BCUT2D eigenvalue weighted by atomic mass is 31.1. The molecule has 0 atom stereocenters. The van der Waals surface area contributed by atoms with Gasteiger partial charge < -0.3 is 4.52 Å². The molecule has 0 spiro atoms. The Morgan fingerprint density at radius 3 is 2.73 bits per heavy atom. The third kappa shape index (κ3) is 1.85. The lowest BCUT2D eigenvalue weighted by Crippen LogP contribution is -1.83. The molecular formula is C7H5O3P. The van der Waals surface area contributed by atoms with Crippen molar-refractivity contribution in [1.29, 1.82) is 0 Å². The Morgan fingerprint density at radius 2 is 2.09 bits per heavy atom. The fraction of sp³-hybridized carbons (Fsp3) is 0. The van der Waals surface area contributed by atoms with Gasteiger partial charge in [-0.2, -0.15) is 0 Å². The van der Waals surface area contributed by atoms with E-state index in [1.807, 2.05) is 0 Å². The molecule has 11 heavy (non-hydrogen) atoms. The van der Waals surface area contributed by atoms with Crippen molar-refractivity contribution in [2.24, 2.45) is 0 Å². The SMILES string of the molecule is O=Cc1ccccc1OP=O. The number of rotatable bonds is 3. The van der Waals surface area contributed by atoms with Gasteiger partial charge in [-0.25, -0.2) is 4.57 Å². The molecule has 0 saturated heterocycles. The minimum absolute atomic E-state index is 0.333. The first-order chi connectivity index (χ1) is 5.38. The monoisotopic (exact) mass is 168 g/mol. The molecule has 0 N–H and O–H groups in total. The molecular weight excluding hydrogens is 163 g/mol. The van der Waals surface area contributed by atoms with Gasteiger partial charge in [-0.3, -0.25) is 4.79 Å². The van der Waals surface area contributed by atoms with Crippen LogP contribution >= 0.6 is 8.69 Å². The van der Waals surface area contributed by atoms with Gasteiger partial charge in [-0.1, -0.05) is 12.1 Å². The van der Waals surface area contributed by atoms with Gasteiger partial charge >= 0.3 is 8.69 Å². The van der Waals surface area contributed by atoms with Gasteiger partial charge in [0.05, 0.1) is 5.56 Å². The van der Waals surface area contributed by atoms with Crippen molar-refractivity contribution in [1.82, 2.24) is 0 Å². The first-order valence-electron chi connectivity index (χ1n) is 2.92. The van der Waals surface area contributed by atoms with E-state index in [0.29, 0.717) is 17.6 Å². The molecule has 0 aliphatic heterocycles. The molecule has 56 valence electrons. The molecule has 0 aliphatic rings. The zero-order valence-corrected chi connectivity index (χ0v) is 6.45. The first kappa shape index (κ1) is 7.89. The summed E-state index contributed by atoms with van der Waals surface area (Å²) in [6.07, 6.45) is 0.653. The fourth-order valence-corrected chi connectivity index (χ4v) is 0.948. The van der Waals surface area contributed by atoms with Crippen molar-refractivity contribution in [2.75, 3.05) is 0 Å². The van der Waals surface area contributed by atoms with Crippen LogP contribution in [0.1, 0.15) is 10.4 Å². The molecule has 0 radical (unpaired) electrons. The molecule has 0 amide bonds. The quantitative estimate of drug-likeness (QED) is 0.512. The third-order valence-electron chi connectivity index (χ3n) is 1.18. The molecule has 1 aromatic carbocycles. The Kier molecular flexibility index (Phi) is 2.75. The van der Waals surface area contributed by atoms with Crippen LogP contribution in [0.2, 0.25) is 0 Å². The van der Waals surface area contributed by atoms with Gasteiger partial charge in [0, 0.05) is 0 Å². The smallest absolute Gasteiger partial charge is 0.395 e. The average molecular weight is 168 g/mol. The number of benzene rings is 1. The van der Waals surface area contributed by atoms with Crippen LogP contribution in [0.15, 0.2) is 24.3 Å². The molecule has 0 heterocycles. The zero-order chi connectivity index (χ0) is 8.10. The molecule has 1 aromatic rings. The van der Waals surface area contributed by atoms with Gasteiger partial charge in [0.25, 0.3) is 0 Å². The van der Waals surface area contributed by atoms with Gasteiger partial charge in [0.15, 0.2) is 6.29 Å². The maximum absolute atomic E-state index is 10.3. The van der Waals surface area contributed by atoms with E-state index >= 15 is 0 Å². The molecule has 0 bridgehead atoms. The second kappa shape index (κ2) is 3.84. The molecule has 4 heteroatoms. The summed E-state index contributed by atoms with van der Waals surface area (Å²) in [4.78, 5) is 10.3. The molecule has 0 aliphatic carbocycles. The van der Waals surface area contributed by atoms with Crippen molar-refractivity contribution in [3.63, 3.8) is 0 Å². The fourth-order valence-electron chi connectivity index (χ4n) is 0.701. The normalized spacial score (nSPS) is 9.45. The second-order valence-corrected chi connectivity index (χ2v) is 2.15. The number of carbonyl (C=O) groups is 1. The second-order valence-electron chi connectivity index (χ2n) is 1.82. The summed E-state index contributed by atoms with van der Waals surface area (Å²) in [6, 6.07) is 6.58. The van der Waals surface area contributed by atoms with Crippen molar-refractivity contribution < 1.29 is 13.9 Å². The summed E-state index contributed by atoms with van der Waals surface area (Å²) < 4.78 is 14.6. The van der Waals surface area contributed by atoms with E-state index in [-0.39, 0.29) is 0 Å². The van der Waals surface area contributed by atoms with E-state index in [1.165, 1.54) is 0 Å². The van der Waals surface area contributed by atoms with Crippen LogP contribution in [0.4, 0.5) is 0 Å². The molecule has 0 saturated carbocycles. The van der Waals surface area contributed by atoms with Crippen LogP contribution in [0.5, 0.6) is 5.75 Å². The van der Waals surface area contributed by atoms with E-state index < -0.39 is 8.69 Å². The van der Waals surface area contributed by atoms with Crippen LogP contribution in [0, 0.1) is 0 Å². The van der Waals surface area contributed by atoms with Gasteiger partial charge in [-0.05, 0) is 12.1 Å². The van der Waals surface area contributed by atoms with Crippen molar-refractivity contribution in [3.05, 3.63) is 29.8 Å². The number of aldehydes is 1. The molecule has 0 aromatic heterocycles. The number of hydrogen-bond acceptors (Lipinski definition) is 3. The minimum Gasteiger partial charge on any atom is -0.407 e. The Bertz CT molecular complexity index is 272. The Labute approximate surface area is 65.3 Å². The summed E-state index contributed by atoms with van der Waals surface area (Å²) in [6.45, 7) is 0. The highest BCUT2D eigenvalue weighted by Gasteiger charge is 1.99. The van der Waals surface area contributed by atoms with E-state index in [2.05, 4.69) is 4.52 Å². The third-order valence-corrected chi connectivity index (χ3v) is 1.45. The molecule has 0 fully saturated rings. The number of para-hydroxylation sites is 1. The lowest BCUT2D eigenvalue weighted by molar-refractivity contribution is 0.112. The summed E-state index contributed by atoms with van der Waals surface area (Å²) in [5.74, 6) is 0.333. The molecule has 3 nitrogen and oxygen atoms in total. The maximum atomic E-state index is 10.3. The van der Waals surface area contributed by atoms with Gasteiger partial charge in [-0.15, -0.1) is 0 Å². The average Bonchev–Trinajstić information content (AvgIpc) is 2.06. The van der Waals surface area contributed by atoms with Crippen LogP contribution < -0.4 is 4.52 Å². The maximum Gasteiger partial charge on any atom is 0.395 e. The predicted octanol–water partition coefficient (Wildman–Crippen LogP) is 2.08. The van der Waals surface area contributed by atoms with Crippen molar-refractivity contribution in [2.45, 2.75) is 0 Å². The standard InChI is InChI=1S/C7H5O3P/c8-5-6-3-1-2-4-7(6)10-11-9/h1-5H. The van der Waals surface area contributed by atoms with E-state index in [4.69, 9.17) is 0 Å². The van der Waals surface area contributed by atoms with E-state index in [1.54, 1.807) is 24.3 Å². The van der Waals surface area contributed by atoms with E-state index in [9.17, 15) is 9.36 Å². The minimum atomic E-state index is -0.449. The van der Waals surface area contributed by atoms with Crippen LogP contribution in [-0.4, -0.2) is 6.29 Å². The van der Waals surface area contributed by atoms with Crippen LogP contribution in [0.25, 0.3) is 0 Å². The number of carbonyl (C=O) groups excluding carboxylic acids is 1. The van der Waals surface area contributed by atoms with Crippen molar-refractivity contribution >= 4 is 15.0 Å². The summed E-state index contributed by atoms with van der Waals surface area (Å²) in [5, 5.41) is 0. The van der Waals surface area contributed by atoms with Crippen molar-refractivity contribution in [3.8, 4) is 5.75 Å². The summed E-state index contributed by atoms with van der Waals surface area (Å²) >= 11 is 0. The Hall–Kier alpha value is -1.21. The first-order valence-corrected chi connectivity index (χ1v) is 3.65. The summed E-state index contributed by atoms with van der Waals surface area (Å²) in [7, 11) is -0.449. The van der Waals surface area contributed by atoms with Crippen LogP contribution in [0.3, 0.4) is 0 Å². The largest absolute Gasteiger partial charge is 0.407 e. The van der Waals surface area contributed by atoms with Gasteiger partial charge in [0.1, 0.15) is 5.75 Å². The summed E-state index contributed by atoms with van der Waals surface area (Å²) in [5.41, 5.74) is 0.399. The van der Waals surface area contributed by atoms with Crippen LogP contribution in [-0.2, 0) is 4.57 Å². The predicted molar refractivity (Wildman–Crippen MR) is 40.1 cm³/mol. The zero-order valence-electron chi connectivity index (χ0n) is 5.56.